The topological polar surface area (TPSA) is 60.9 Å². The Kier molecular flexibility index (Phi) is 5.74. The van der Waals surface area contributed by atoms with Gasteiger partial charge >= 0.3 is 0 Å². The van der Waals surface area contributed by atoms with E-state index in [4.69, 9.17) is 0 Å². The lowest BCUT2D eigenvalue weighted by Crippen LogP contribution is -2.51. The summed E-state index contributed by atoms with van der Waals surface area (Å²) < 4.78 is 0. The summed E-state index contributed by atoms with van der Waals surface area (Å²) in [7, 11) is 0. The molecule has 1 aliphatic heterocycles. The number of aliphatic hydroxyl groups excluding tert-OH is 1. The van der Waals surface area contributed by atoms with E-state index in [1.165, 1.54) is 6.42 Å². The molecule has 3 unspecified atom stereocenters. The van der Waals surface area contributed by atoms with Crippen molar-refractivity contribution >= 4 is 11.8 Å². The molecule has 1 heterocycles. The first-order valence-electron chi connectivity index (χ1n) is 9.44. The summed E-state index contributed by atoms with van der Waals surface area (Å²) in [5.74, 6) is 0.367. The van der Waals surface area contributed by atoms with Crippen molar-refractivity contribution in [2.45, 2.75) is 51.1 Å². The SMILES string of the molecule is CCN(CCO)C(=O)C1CC2CCCCC2N1C(=O)c1ccccc1. The van der Waals surface area contributed by atoms with Gasteiger partial charge in [0.2, 0.25) is 5.91 Å². The van der Waals surface area contributed by atoms with Crippen LogP contribution >= 0.6 is 0 Å². The van der Waals surface area contributed by atoms with E-state index in [1.54, 1.807) is 4.90 Å². The number of amides is 2. The molecule has 5 heteroatoms. The number of hydrogen-bond acceptors (Lipinski definition) is 3. The number of likely N-dealkylation sites (N-methyl/N-ethyl adjacent to an activating group) is 1. The van der Waals surface area contributed by atoms with Crippen LogP contribution in [0.1, 0.15) is 49.4 Å². The quantitative estimate of drug-likeness (QED) is 0.892. The number of carbonyl (C=O) groups excluding carboxylic acids is 2. The van der Waals surface area contributed by atoms with Gasteiger partial charge in [-0.15, -0.1) is 0 Å². The maximum atomic E-state index is 13.2. The molecule has 1 aromatic carbocycles. The Morgan fingerprint density at radius 3 is 2.60 bits per heavy atom. The molecular weight excluding hydrogens is 316 g/mol. The highest BCUT2D eigenvalue weighted by Gasteiger charge is 2.48. The van der Waals surface area contributed by atoms with Crippen molar-refractivity contribution in [2.24, 2.45) is 5.92 Å². The maximum Gasteiger partial charge on any atom is 0.254 e. The molecule has 0 aromatic heterocycles. The second-order valence-electron chi connectivity index (χ2n) is 7.08. The molecule has 3 atom stereocenters. The van der Waals surface area contributed by atoms with Gasteiger partial charge in [-0.3, -0.25) is 9.59 Å². The lowest BCUT2D eigenvalue weighted by atomic mass is 9.84. The molecule has 1 aliphatic carbocycles. The van der Waals surface area contributed by atoms with E-state index in [1.807, 2.05) is 42.2 Å². The first-order valence-corrected chi connectivity index (χ1v) is 9.44. The van der Waals surface area contributed by atoms with Crippen molar-refractivity contribution in [3.63, 3.8) is 0 Å². The zero-order chi connectivity index (χ0) is 17.8. The van der Waals surface area contributed by atoms with Gasteiger partial charge < -0.3 is 14.9 Å². The molecule has 2 amide bonds. The molecule has 1 saturated heterocycles. The van der Waals surface area contributed by atoms with Gasteiger partial charge in [0.1, 0.15) is 6.04 Å². The zero-order valence-corrected chi connectivity index (χ0v) is 14.9. The van der Waals surface area contributed by atoms with Crippen LogP contribution in [0.2, 0.25) is 0 Å². The van der Waals surface area contributed by atoms with Crippen molar-refractivity contribution in [2.75, 3.05) is 19.7 Å². The zero-order valence-electron chi connectivity index (χ0n) is 14.9. The highest BCUT2D eigenvalue weighted by atomic mass is 16.3. The van der Waals surface area contributed by atoms with Gasteiger partial charge in [0.15, 0.2) is 0 Å². The van der Waals surface area contributed by atoms with Crippen LogP contribution in [0, 0.1) is 5.92 Å². The fraction of sp³-hybridized carbons (Fsp3) is 0.600. The summed E-state index contributed by atoms with van der Waals surface area (Å²) in [6.07, 6.45) is 5.14. The Balaban J connectivity index is 1.89. The molecule has 0 bridgehead atoms. The number of hydrogen-bond donors (Lipinski definition) is 1. The lowest BCUT2D eigenvalue weighted by Gasteiger charge is -2.35. The number of carbonyl (C=O) groups is 2. The number of aliphatic hydroxyl groups is 1. The Morgan fingerprint density at radius 1 is 1.20 bits per heavy atom. The van der Waals surface area contributed by atoms with E-state index in [0.29, 0.717) is 24.6 Å². The van der Waals surface area contributed by atoms with Crippen molar-refractivity contribution in [1.82, 2.24) is 9.80 Å². The number of benzene rings is 1. The van der Waals surface area contributed by atoms with Crippen molar-refractivity contribution < 1.29 is 14.7 Å². The molecular formula is C20H28N2O3. The highest BCUT2D eigenvalue weighted by molar-refractivity contribution is 5.98. The number of nitrogens with zero attached hydrogens (tertiary/aromatic N) is 2. The number of rotatable bonds is 5. The second-order valence-corrected chi connectivity index (χ2v) is 7.08. The maximum absolute atomic E-state index is 13.2. The van der Waals surface area contributed by atoms with E-state index in [9.17, 15) is 14.7 Å². The summed E-state index contributed by atoms with van der Waals surface area (Å²) in [5, 5.41) is 9.24. The van der Waals surface area contributed by atoms with Crippen molar-refractivity contribution in [3.8, 4) is 0 Å². The first kappa shape index (κ1) is 17.9. The Morgan fingerprint density at radius 2 is 1.92 bits per heavy atom. The third-order valence-corrected chi connectivity index (χ3v) is 5.69. The fourth-order valence-corrected chi connectivity index (χ4v) is 4.46. The van der Waals surface area contributed by atoms with Crippen LogP contribution in [0.5, 0.6) is 0 Å². The molecule has 3 rings (SSSR count). The molecule has 5 nitrogen and oxygen atoms in total. The Bertz CT molecular complexity index is 604. The van der Waals surface area contributed by atoms with Crippen LogP contribution in [0.3, 0.4) is 0 Å². The smallest absolute Gasteiger partial charge is 0.254 e. The molecule has 0 radical (unpaired) electrons. The minimum absolute atomic E-state index is 0.0183. The van der Waals surface area contributed by atoms with Crippen LogP contribution in [0.4, 0.5) is 0 Å². The van der Waals surface area contributed by atoms with Gasteiger partial charge in [-0.2, -0.15) is 0 Å². The summed E-state index contributed by atoms with van der Waals surface area (Å²) in [6.45, 7) is 2.75. The predicted octanol–water partition coefficient (Wildman–Crippen LogP) is 2.30. The van der Waals surface area contributed by atoms with Crippen LogP contribution in [0.15, 0.2) is 30.3 Å². The molecule has 1 N–H and O–H groups in total. The molecule has 2 aliphatic rings. The Labute approximate surface area is 149 Å². The van der Waals surface area contributed by atoms with Gasteiger partial charge in [-0.25, -0.2) is 0 Å². The van der Waals surface area contributed by atoms with Gasteiger partial charge in [-0.1, -0.05) is 31.0 Å². The van der Waals surface area contributed by atoms with Crippen LogP contribution in [-0.2, 0) is 4.79 Å². The standard InChI is InChI=1S/C20H28N2O3/c1-2-21(12-13-23)20(25)18-14-16-10-6-7-11-17(16)22(18)19(24)15-8-4-3-5-9-15/h3-5,8-9,16-18,23H,2,6-7,10-14H2,1H3. The Hall–Kier alpha value is -1.88. The van der Waals surface area contributed by atoms with Crippen molar-refractivity contribution in [3.05, 3.63) is 35.9 Å². The van der Waals surface area contributed by atoms with E-state index in [2.05, 4.69) is 0 Å². The molecule has 1 aromatic rings. The summed E-state index contributed by atoms with van der Waals surface area (Å²) in [4.78, 5) is 29.8. The fourth-order valence-electron chi connectivity index (χ4n) is 4.46. The number of likely N-dealkylation sites (tertiary alicyclic amines) is 1. The van der Waals surface area contributed by atoms with Gasteiger partial charge in [-0.05, 0) is 44.2 Å². The minimum atomic E-state index is -0.396. The molecule has 1 saturated carbocycles. The monoisotopic (exact) mass is 344 g/mol. The molecule has 25 heavy (non-hydrogen) atoms. The van der Waals surface area contributed by atoms with E-state index in [0.717, 1.165) is 25.7 Å². The van der Waals surface area contributed by atoms with E-state index < -0.39 is 6.04 Å². The first-order chi connectivity index (χ1) is 12.2. The van der Waals surface area contributed by atoms with E-state index >= 15 is 0 Å². The normalized spacial score (nSPS) is 25.5. The van der Waals surface area contributed by atoms with Crippen LogP contribution < -0.4 is 0 Å². The van der Waals surface area contributed by atoms with Crippen LogP contribution in [-0.4, -0.2) is 58.5 Å². The molecule has 2 fully saturated rings. The van der Waals surface area contributed by atoms with Gasteiger partial charge in [0.05, 0.1) is 6.61 Å². The summed E-state index contributed by atoms with van der Waals surface area (Å²) in [6, 6.07) is 9.05. The number of fused-ring (bicyclic) bond motifs is 1. The molecule has 136 valence electrons. The third-order valence-electron chi connectivity index (χ3n) is 5.69. The summed E-state index contributed by atoms with van der Waals surface area (Å²) in [5.41, 5.74) is 0.650. The average molecular weight is 344 g/mol. The predicted molar refractivity (Wildman–Crippen MR) is 96.1 cm³/mol. The highest BCUT2D eigenvalue weighted by Crippen LogP contribution is 2.41. The van der Waals surface area contributed by atoms with Crippen LogP contribution in [0.25, 0.3) is 0 Å². The largest absolute Gasteiger partial charge is 0.395 e. The van der Waals surface area contributed by atoms with Gasteiger partial charge in [0.25, 0.3) is 5.91 Å². The van der Waals surface area contributed by atoms with Crippen molar-refractivity contribution in [1.29, 1.82) is 0 Å². The minimum Gasteiger partial charge on any atom is -0.395 e. The average Bonchev–Trinajstić information content (AvgIpc) is 3.05. The second kappa shape index (κ2) is 8.00. The van der Waals surface area contributed by atoms with E-state index in [-0.39, 0.29) is 24.5 Å². The third kappa shape index (κ3) is 3.56. The lowest BCUT2D eigenvalue weighted by molar-refractivity contribution is -0.136. The molecule has 0 spiro atoms. The summed E-state index contributed by atoms with van der Waals surface area (Å²) >= 11 is 0. The van der Waals surface area contributed by atoms with Gasteiger partial charge in [0, 0.05) is 24.7 Å².